The third-order valence-corrected chi connectivity index (χ3v) is 2.37. The van der Waals surface area contributed by atoms with E-state index in [1.165, 1.54) is 13.0 Å². The van der Waals surface area contributed by atoms with Crippen LogP contribution in [-0.4, -0.2) is 11.2 Å². The Balaban J connectivity index is 3.18. The van der Waals surface area contributed by atoms with Crippen molar-refractivity contribution >= 4 is 11.6 Å². The average molecular weight is 254 g/mol. The predicted octanol–water partition coefficient (Wildman–Crippen LogP) is 2.74. The summed E-state index contributed by atoms with van der Waals surface area (Å²) in [7, 11) is 0. The molecule has 0 aromatic heterocycles. The van der Waals surface area contributed by atoms with Crippen molar-refractivity contribution in [1.82, 2.24) is 0 Å². The maximum atomic E-state index is 12.5. The first-order valence-corrected chi connectivity index (χ1v) is 4.91. The van der Waals surface area contributed by atoms with Gasteiger partial charge in [-0.3, -0.25) is 0 Å². The third kappa shape index (κ3) is 3.10. The second-order valence-electron chi connectivity index (χ2n) is 3.54. The van der Waals surface area contributed by atoms with E-state index in [-0.39, 0.29) is 10.6 Å². The third-order valence-electron chi connectivity index (χ3n) is 2.15. The second kappa shape index (κ2) is 4.61. The fraction of sp³-hybridized carbons (Fsp3) is 0.400. The molecule has 2 nitrogen and oxygen atoms in total. The van der Waals surface area contributed by atoms with E-state index in [9.17, 15) is 18.3 Å². The predicted molar refractivity (Wildman–Crippen MR) is 55.1 cm³/mol. The molecule has 0 saturated carbocycles. The van der Waals surface area contributed by atoms with Crippen LogP contribution in [-0.2, 0) is 6.18 Å². The van der Waals surface area contributed by atoms with E-state index in [1.807, 2.05) is 0 Å². The van der Waals surface area contributed by atoms with Crippen LogP contribution in [0.5, 0.6) is 0 Å². The molecule has 90 valence electrons. The van der Waals surface area contributed by atoms with Crippen molar-refractivity contribution < 1.29 is 18.3 Å². The zero-order valence-corrected chi connectivity index (χ0v) is 9.18. The molecular formula is C10H11ClF3NO. The topological polar surface area (TPSA) is 46.2 Å². The largest absolute Gasteiger partial charge is 0.416 e. The Labute approximate surface area is 95.8 Å². The summed E-state index contributed by atoms with van der Waals surface area (Å²) in [5.74, 6) is 0. The molecule has 1 rings (SSSR count). The monoisotopic (exact) mass is 253 g/mol. The molecule has 0 spiro atoms. The molecule has 0 amide bonds. The summed E-state index contributed by atoms with van der Waals surface area (Å²) in [5, 5.41) is 9.15. The smallest absolute Gasteiger partial charge is 0.391 e. The van der Waals surface area contributed by atoms with Crippen molar-refractivity contribution in [3.05, 3.63) is 34.3 Å². The molecule has 0 fully saturated rings. The molecule has 2 atom stereocenters. The highest BCUT2D eigenvalue weighted by molar-refractivity contribution is 6.30. The van der Waals surface area contributed by atoms with Gasteiger partial charge in [0.05, 0.1) is 17.7 Å². The van der Waals surface area contributed by atoms with E-state index in [2.05, 4.69) is 0 Å². The van der Waals surface area contributed by atoms with E-state index >= 15 is 0 Å². The van der Waals surface area contributed by atoms with Gasteiger partial charge in [-0.25, -0.2) is 0 Å². The molecule has 0 unspecified atom stereocenters. The maximum Gasteiger partial charge on any atom is 0.416 e. The number of hydrogen-bond acceptors (Lipinski definition) is 2. The lowest BCUT2D eigenvalue weighted by Gasteiger charge is -2.17. The van der Waals surface area contributed by atoms with Crippen molar-refractivity contribution in [3.8, 4) is 0 Å². The minimum atomic E-state index is -4.47. The first kappa shape index (κ1) is 13.3. The molecule has 0 aliphatic carbocycles. The van der Waals surface area contributed by atoms with Crippen LogP contribution in [0.15, 0.2) is 18.2 Å². The number of rotatable bonds is 2. The van der Waals surface area contributed by atoms with Crippen molar-refractivity contribution in [1.29, 1.82) is 0 Å². The zero-order chi connectivity index (χ0) is 12.5. The zero-order valence-electron chi connectivity index (χ0n) is 8.42. The normalized spacial score (nSPS) is 15.9. The number of alkyl halides is 3. The Morgan fingerprint density at radius 2 is 1.88 bits per heavy atom. The molecule has 0 radical (unpaired) electrons. The van der Waals surface area contributed by atoms with Crippen LogP contribution < -0.4 is 5.73 Å². The number of benzene rings is 1. The Morgan fingerprint density at radius 1 is 1.31 bits per heavy atom. The van der Waals surface area contributed by atoms with Crippen LogP contribution in [0.1, 0.15) is 24.1 Å². The highest BCUT2D eigenvalue weighted by atomic mass is 35.5. The molecule has 6 heteroatoms. The minimum Gasteiger partial charge on any atom is -0.391 e. The quantitative estimate of drug-likeness (QED) is 0.851. The lowest BCUT2D eigenvalue weighted by Crippen LogP contribution is -2.23. The summed E-state index contributed by atoms with van der Waals surface area (Å²) in [6.45, 7) is 1.40. The van der Waals surface area contributed by atoms with Gasteiger partial charge in [-0.15, -0.1) is 0 Å². The van der Waals surface area contributed by atoms with Gasteiger partial charge >= 0.3 is 6.18 Å². The SMILES string of the molecule is C[C@@H](O)[C@H](N)c1cc(Cl)cc(C(F)(F)F)c1. The number of halogens is 4. The fourth-order valence-corrected chi connectivity index (χ4v) is 1.49. The fourth-order valence-electron chi connectivity index (χ4n) is 1.25. The summed E-state index contributed by atoms with van der Waals surface area (Å²) in [6.07, 6.45) is -5.42. The lowest BCUT2D eigenvalue weighted by atomic mass is 10.0. The van der Waals surface area contributed by atoms with Gasteiger partial charge in [-0.2, -0.15) is 13.2 Å². The van der Waals surface area contributed by atoms with Crippen molar-refractivity contribution in [2.75, 3.05) is 0 Å². The van der Waals surface area contributed by atoms with Crippen LogP contribution in [0.25, 0.3) is 0 Å². The van der Waals surface area contributed by atoms with Crippen LogP contribution in [0.2, 0.25) is 5.02 Å². The molecule has 0 heterocycles. The van der Waals surface area contributed by atoms with E-state index in [4.69, 9.17) is 17.3 Å². The molecule has 0 saturated heterocycles. The molecule has 0 aliphatic rings. The van der Waals surface area contributed by atoms with Gasteiger partial charge in [0.15, 0.2) is 0 Å². The first-order chi connectivity index (χ1) is 7.21. The van der Waals surface area contributed by atoms with Gasteiger partial charge in [-0.1, -0.05) is 11.6 Å². The van der Waals surface area contributed by atoms with Gasteiger partial charge in [0.25, 0.3) is 0 Å². The van der Waals surface area contributed by atoms with Crippen molar-refractivity contribution in [2.24, 2.45) is 5.73 Å². The van der Waals surface area contributed by atoms with Crippen LogP contribution in [0.4, 0.5) is 13.2 Å². The summed E-state index contributed by atoms with van der Waals surface area (Å²) >= 11 is 5.57. The van der Waals surface area contributed by atoms with Gasteiger partial charge in [0.2, 0.25) is 0 Å². The molecule has 16 heavy (non-hydrogen) atoms. The Hall–Kier alpha value is -0.780. The number of aliphatic hydroxyl groups excluding tert-OH is 1. The summed E-state index contributed by atoms with van der Waals surface area (Å²) in [4.78, 5) is 0. The first-order valence-electron chi connectivity index (χ1n) is 4.53. The van der Waals surface area contributed by atoms with Crippen LogP contribution in [0.3, 0.4) is 0 Å². The summed E-state index contributed by atoms with van der Waals surface area (Å²) < 4.78 is 37.4. The van der Waals surface area contributed by atoms with E-state index in [0.717, 1.165) is 12.1 Å². The van der Waals surface area contributed by atoms with Crippen molar-refractivity contribution in [3.63, 3.8) is 0 Å². The highest BCUT2D eigenvalue weighted by Gasteiger charge is 2.31. The van der Waals surface area contributed by atoms with Crippen molar-refractivity contribution in [2.45, 2.75) is 25.2 Å². The van der Waals surface area contributed by atoms with Gasteiger partial charge in [-0.05, 0) is 30.7 Å². The van der Waals surface area contributed by atoms with Gasteiger partial charge in [0.1, 0.15) is 0 Å². The molecule has 1 aromatic rings. The van der Waals surface area contributed by atoms with E-state index < -0.39 is 23.9 Å². The standard InChI is InChI=1S/C10H11ClF3NO/c1-5(16)9(15)6-2-7(10(12,13)14)4-8(11)3-6/h2-5,9,16H,15H2,1H3/t5-,9+/m1/s1. The molecular weight excluding hydrogens is 243 g/mol. The Bertz CT molecular complexity index is 379. The number of hydrogen-bond donors (Lipinski definition) is 2. The van der Waals surface area contributed by atoms with Crippen LogP contribution in [0, 0.1) is 0 Å². The highest BCUT2D eigenvalue weighted by Crippen LogP contribution is 2.33. The van der Waals surface area contributed by atoms with E-state index in [1.54, 1.807) is 0 Å². The molecule has 0 aliphatic heterocycles. The molecule has 1 aromatic carbocycles. The maximum absolute atomic E-state index is 12.5. The number of nitrogens with two attached hydrogens (primary N) is 1. The molecule has 0 bridgehead atoms. The summed E-state index contributed by atoms with van der Waals surface area (Å²) in [5.41, 5.74) is 4.84. The Kier molecular flexibility index (Phi) is 3.83. The van der Waals surface area contributed by atoms with Crippen LogP contribution >= 0.6 is 11.6 Å². The minimum absolute atomic E-state index is 0.0547. The van der Waals surface area contributed by atoms with Gasteiger partial charge in [0, 0.05) is 5.02 Å². The molecule has 3 N–H and O–H groups in total. The second-order valence-corrected chi connectivity index (χ2v) is 3.97. The Morgan fingerprint density at radius 3 is 2.31 bits per heavy atom. The number of aliphatic hydroxyl groups is 1. The lowest BCUT2D eigenvalue weighted by molar-refractivity contribution is -0.137. The average Bonchev–Trinajstić information content (AvgIpc) is 2.14. The van der Waals surface area contributed by atoms with Gasteiger partial charge < -0.3 is 10.8 Å². The summed E-state index contributed by atoms with van der Waals surface area (Å²) in [6, 6.07) is 2.14. The van der Waals surface area contributed by atoms with E-state index in [0.29, 0.717) is 0 Å².